The Morgan fingerprint density at radius 1 is 0.972 bits per heavy atom. The number of rotatable bonds is 6. The van der Waals surface area contributed by atoms with Crippen molar-refractivity contribution >= 4 is 5.97 Å². The first-order valence-electron chi connectivity index (χ1n) is 14.6. The van der Waals surface area contributed by atoms with E-state index < -0.39 is 11.0 Å². The van der Waals surface area contributed by atoms with Crippen LogP contribution in [0.2, 0.25) is 0 Å². The summed E-state index contributed by atoms with van der Waals surface area (Å²) in [6.45, 7) is 11.7. The summed E-state index contributed by atoms with van der Waals surface area (Å²) in [6, 6.07) is 10.6. The van der Waals surface area contributed by atoms with Gasteiger partial charge in [0.15, 0.2) is 0 Å². The van der Waals surface area contributed by atoms with Crippen molar-refractivity contribution in [3.8, 4) is 0 Å². The Balaban J connectivity index is 1.29. The number of fused-ring (bicyclic) bond motifs is 5. The highest BCUT2D eigenvalue weighted by Crippen LogP contribution is 2.68. The van der Waals surface area contributed by atoms with Crippen LogP contribution in [0.5, 0.6) is 0 Å². The maximum Gasteiger partial charge on any atom is 0.314 e. The van der Waals surface area contributed by atoms with Crippen LogP contribution in [0, 0.1) is 39.9 Å². The molecule has 0 saturated heterocycles. The lowest BCUT2D eigenvalue weighted by atomic mass is 9.43. The molecular weight excluding hydrogens is 448 g/mol. The van der Waals surface area contributed by atoms with Gasteiger partial charge in [-0.15, -0.1) is 0 Å². The van der Waals surface area contributed by atoms with E-state index in [1.165, 1.54) is 44.1 Å². The second-order valence-electron chi connectivity index (χ2n) is 13.6. The van der Waals surface area contributed by atoms with Gasteiger partial charge in [-0.1, -0.05) is 44.2 Å². The first kappa shape index (κ1) is 26.2. The molecule has 4 fully saturated rings. The maximum absolute atomic E-state index is 12.8. The molecule has 200 valence electrons. The molecule has 0 amide bonds. The smallest absolute Gasteiger partial charge is 0.314 e. The van der Waals surface area contributed by atoms with Gasteiger partial charge in [-0.3, -0.25) is 4.79 Å². The van der Waals surface area contributed by atoms with E-state index in [-0.39, 0.29) is 16.8 Å². The highest BCUT2D eigenvalue weighted by atomic mass is 16.5. The van der Waals surface area contributed by atoms with Gasteiger partial charge in [0.25, 0.3) is 0 Å². The minimum Gasteiger partial charge on any atom is -0.465 e. The van der Waals surface area contributed by atoms with Crippen molar-refractivity contribution in [3.63, 3.8) is 0 Å². The van der Waals surface area contributed by atoms with Crippen molar-refractivity contribution in [2.24, 2.45) is 39.9 Å². The van der Waals surface area contributed by atoms with Crippen molar-refractivity contribution in [1.82, 2.24) is 0 Å². The molecule has 0 radical (unpaired) electrons. The predicted octanol–water partition coefficient (Wildman–Crippen LogP) is 6.93. The number of hydrogen-bond donors (Lipinski definition) is 1. The molecule has 4 nitrogen and oxygen atoms in total. The molecule has 8 atom stereocenters. The molecule has 4 saturated carbocycles. The fraction of sp³-hybridized carbons (Fsp3) is 0.781. The zero-order valence-corrected chi connectivity index (χ0v) is 23.2. The zero-order valence-electron chi connectivity index (χ0n) is 23.2. The van der Waals surface area contributed by atoms with Crippen LogP contribution in [0.4, 0.5) is 0 Å². The standard InChI is InChI=1S/C32H48O4/c1-6-35-28(33)29(2,3)32(34)19-18-30(4)23(20-32)12-13-24-25-14-15-27(31(25,5)17-16-26(24)30)36-21-22-10-8-7-9-11-22/h7-11,23-27,34H,6,12-21H2,1-5H3/t23-,24-,25+,26-,27-,30+,31+,32+/m0/s1. The summed E-state index contributed by atoms with van der Waals surface area (Å²) in [6.07, 6.45) is 10.2. The maximum atomic E-state index is 12.8. The lowest BCUT2D eigenvalue weighted by Gasteiger charge is -2.63. The molecule has 1 N–H and O–H groups in total. The highest BCUT2D eigenvalue weighted by Gasteiger charge is 2.63. The zero-order chi connectivity index (χ0) is 25.8. The molecule has 0 bridgehead atoms. The Kier molecular flexibility index (Phi) is 6.86. The molecule has 36 heavy (non-hydrogen) atoms. The lowest BCUT2D eigenvalue weighted by molar-refractivity contribution is -0.200. The van der Waals surface area contributed by atoms with Gasteiger partial charge >= 0.3 is 5.97 Å². The van der Waals surface area contributed by atoms with Gasteiger partial charge in [0.1, 0.15) is 0 Å². The van der Waals surface area contributed by atoms with Crippen LogP contribution in [0.15, 0.2) is 30.3 Å². The number of esters is 1. The van der Waals surface area contributed by atoms with E-state index in [4.69, 9.17) is 9.47 Å². The number of carbonyl (C=O) groups excluding carboxylic acids is 1. The lowest BCUT2D eigenvalue weighted by Crippen LogP contribution is -2.60. The first-order chi connectivity index (χ1) is 17.0. The number of ether oxygens (including phenoxy) is 2. The van der Waals surface area contributed by atoms with E-state index in [1.807, 2.05) is 20.8 Å². The topological polar surface area (TPSA) is 55.8 Å². The molecule has 1 aromatic rings. The Bertz CT molecular complexity index is 943. The van der Waals surface area contributed by atoms with E-state index in [1.54, 1.807) is 0 Å². The Morgan fingerprint density at radius 3 is 2.42 bits per heavy atom. The van der Waals surface area contributed by atoms with E-state index in [2.05, 4.69) is 44.2 Å². The van der Waals surface area contributed by atoms with Crippen molar-refractivity contribution in [2.75, 3.05) is 6.61 Å². The van der Waals surface area contributed by atoms with Gasteiger partial charge < -0.3 is 14.6 Å². The molecule has 4 aliphatic rings. The van der Waals surface area contributed by atoms with Crippen LogP contribution in [0.3, 0.4) is 0 Å². The predicted molar refractivity (Wildman–Crippen MR) is 142 cm³/mol. The van der Waals surface area contributed by atoms with Gasteiger partial charge in [0, 0.05) is 0 Å². The number of hydrogen-bond acceptors (Lipinski definition) is 4. The fourth-order valence-corrected chi connectivity index (χ4v) is 9.31. The minimum atomic E-state index is -0.983. The second kappa shape index (κ2) is 9.42. The van der Waals surface area contributed by atoms with Crippen molar-refractivity contribution < 1.29 is 19.4 Å². The normalized spacial score (nSPS) is 42.2. The van der Waals surface area contributed by atoms with Crippen molar-refractivity contribution in [3.05, 3.63) is 35.9 Å². The molecule has 4 heteroatoms. The van der Waals surface area contributed by atoms with Crippen LogP contribution in [0.1, 0.15) is 98.0 Å². The van der Waals surface area contributed by atoms with Gasteiger partial charge in [-0.05, 0) is 119 Å². The van der Waals surface area contributed by atoms with Crippen LogP contribution in [-0.2, 0) is 20.9 Å². The molecule has 1 aromatic carbocycles. The summed E-state index contributed by atoms with van der Waals surface area (Å²) in [4.78, 5) is 12.8. The van der Waals surface area contributed by atoms with Gasteiger partial charge in [-0.2, -0.15) is 0 Å². The monoisotopic (exact) mass is 496 g/mol. The third-order valence-corrected chi connectivity index (χ3v) is 11.9. The molecule has 0 spiro atoms. The summed E-state index contributed by atoms with van der Waals surface area (Å²) in [7, 11) is 0. The van der Waals surface area contributed by atoms with Crippen LogP contribution in [-0.4, -0.2) is 29.4 Å². The summed E-state index contributed by atoms with van der Waals surface area (Å²) in [5.74, 6) is 2.44. The Labute approximate surface area is 218 Å². The number of benzene rings is 1. The van der Waals surface area contributed by atoms with Crippen molar-refractivity contribution in [1.29, 1.82) is 0 Å². The third-order valence-electron chi connectivity index (χ3n) is 11.9. The molecule has 0 heterocycles. The Hall–Kier alpha value is -1.39. The van der Waals surface area contributed by atoms with Crippen molar-refractivity contribution in [2.45, 2.75) is 111 Å². The first-order valence-corrected chi connectivity index (χ1v) is 14.6. The summed E-state index contributed by atoms with van der Waals surface area (Å²) in [5, 5.41) is 11.8. The largest absolute Gasteiger partial charge is 0.465 e. The van der Waals surface area contributed by atoms with Crippen LogP contribution in [0.25, 0.3) is 0 Å². The molecular formula is C32H48O4. The van der Waals surface area contributed by atoms with Gasteiger partial charge in [-0.25, -0.2) is 0 Å². The molecule has 0 aromatic heterocycles. The number of aliphatic hydroxyl groups is 1. The molecule has 5 rings (SSSR count). The number of carbonyl (C=O) groups is 1. The second-order valence-corrected chi connectivity index (χ2v) is 13.6. The average molecular weight is 497 g/mol. The summed E-state index contributed by atoms with van der Waals surface area (Å²) >= 11 is 0. The minimum absolute atomic E-state index is 0.254. The van der Waals surface area contributed by atoms with Crippen LogP contribution >= 0.6 is 0 Å². The molecule has 0 unspecified atom stereocenters. The van der Waals surface area contributed by atoms with E-state index in [9.17, 15) is 9.90 Å². The molecule has 4 aliphatic carbocycles. The SMILES string of the molecule is CCOC(=O)C(C)(C)[C@@]1(O)CC[C@]2(C)[C@@H](CC[C@H]3[C@H]4CC[C@H](OCc5ccccc5)[C@]4(C)CC[C@@H]32)C1. The Morgan fingerprint density at radius 2 is 1.69 bits per heavy atom. The summed E-state index contributed by atoms with van der Waals surface area (Å²) < 4.78 is 12.0. The summed E-state index contributed by atoms with van der Waals surface area (Å²) in [5.41, 5.74) is -0.0544. The average Bonchev–Trinajstić information content (AvgIpc) is 3.20. The van der Waals surface area contributed by atoms with Crippen LogP contribution < -0.4 is 0 Å². The quantitative estimate of drug-likeness (QED) is 0.434. The van der Waals surface area contributed by atoms with Gasteiger partial charge in [0.05, 0.1) is 30.3 Å². The van der Waals surface area contributed by atoms with E-state index >= 15 is 0 Å². The highest BCUT2D eigenvalue weighted by molar-refractivity contribution is 5.77. The van der Waals surface area contributed by atoms with E-state index in [0.717, 1.165) is 37.2 Å². The fourth-order valence-electron chi connectivity index (χ4n) is 9.31. The molecule has 0 aliphatic heterocycles. The van der Waals surface area contributed by atoms with E-state index in [0.29, 0.717) is 25.0 Å². The third kappa shape index (κ3) is 4.06. The van der Waals surface area contributed by atoms with Gasteiger partial charge in [0.2, 0.25) is 0 Å².